The van der Waals surface area contributed by atoms with Gasteiger partial charge in [-0.05, 0) is 65.2 Å². The molecular formula is C19H24BrN3O. The van der Waals surface area contributed by atoms with Gasteiger partial charge >= 0.3 is 0 Å². The SMILES string of the molecule is COc1cccc(Cc2nc(N[C@H]3CC[C@@H](C)CC3)ncc2Br)c1. The van der Waals surface area contributed by atoms with Gasteiger partial charge in [-0.1, -0.05) is 19.1 Å². The van der Waals surface area contributed by atoms with Crippen molar-refractivity contribution in [3.8, 4) is 5.75 Å². The van der Waals surface area contributed by atoms with Crippen LogP contribution in [0.25, 0.3) is 0 Å². The molecule has 24 heavy (non-hydrogen) atoms. The number of methoxy groups -OCH3 is 1. The molecule has 4 nitrogen and oxygen atoms in total. The molecule has 1 aliphatic rings. The second kappa shape index (κ2) is 7.97. The van der Waals surface area contributed by atoms with Crippen LogP contribution < -0.4 is 10.1 Å². The van der Waals surface area contributed by atoms with Crippen LogP contribution in [-0.2, 0) is 6.42 Å². The van der Waals surface area contributed by atoms with Crippen molar-refractivity contribution >= 4 is 21.9 Å². The molecule has 5 heteroatoms. The van der Waals surface area contributed by atoms with Gasteiger partial charge in [0.05, 0.1) is 17.3 Å². The molecule has 2 aromatic rings. The summed E-state index contributed by atoms with van der Waals surface area (Å²) in [5.74, 6) is 2.44. The van der Waals surface area contributed by atoms with Gasteiger partial charge in [-0.15, -0.1) is 0 Å². The number of rotatable bonds is 5. The van der Waals surface area contributed by atoms with Crippen molar-refractivity contribution in [2.24, 2.45) is 5.92 Å². The maximum Gasteiger partial charge on any atom is 0.223 e. The second-order valence-corrected chi connectivity index (χ2v) is 7.47. The Labute approximate surface area is 152 Å². The summed E-state index contributed by atoms with van der Waals surface area (Å²) in [5.41, 5.74) is 2.16. The van der Waals surface area contributed by atoms with Crippen molar-refractivity contribution in [1.82, 2.24) is 9.97 Å². The van der Waals surface area contributed by atoms with Gasteiger partial charge in [-0.25, -0.2) is 9.97 Å². The van der Waals surface area contributed by atoms with Crippen LogP contribution in [0.15, 0.2) is 34.9 Å². The zero-order chi connectivity index (χ0) is 16.9. The van der Waals surface area contributed by atoms with Crippen molar-refractivity contribution in [3.63, 3.8) is 0 Å². The number of hydrogen-bond donors (Lipinski definition) is 1. The Morgan fingerprint density at radius 1 is 1.25 bits per heavy atom. The maximum absolute atomic E-state index is 5.30. The van der Waals surface area contributed by atoms with Crippen LogP contribution in [0.5, 0.6) is 5.75 Å². The van der Waals surface area contributed by atoms with Gasteiger partial charge in [0.25, 0.3) is 0 Å². The highest BCUT2D eigenvalue weighted by molar-refractivity contribution is 9.10. The Kier molecular flexibility index (Phi) is 5.72. The minimum Gasteiger partial charge on any atom is -0.497 e. The molecule has 0 spiro atoms. The van der Waals surface area contributed by atoms with Crippen LogP contribution in [0.4, 0.5) is 5.95 Å². The number of aromatic nitrogens is 2. The van der Waals surface area contributed by atoms with E-state index < -0.39 is 0 Å². The van der Waals surface area contributed by atoms with Crippen LogP contribution in [-0.4, -0.2) is 23.1 Å². The van der Waals surface area contributed by atoms with Gasteiger partial charge in [-0.2, -0.15) is 0 Å². The fourth-order valence-corrected chi connectivity index (χ4v) is 3.49. The number of nitrogens with one attached hydrogen (secondary N) is 1. The van der Waals surface area contributed by atoms with Gasteiger partial charge in [0.15, 0.2) is 0 Å². The summed E-state index contributed by atoms with van der Waals surface area (Å²) in [6.07, 6.45) is 7.56. The van der Waals surface area contributed by atoms with Crippen molar-refractivity contribution in [1.29, 1.82) is 0 Å². The van der Waals surface area contributed by atoms with Gasteiger partial charge in [0.1, 0.15) is 5.75 Å². The third-order valence-corrected chi connectivity index (χ3v) is 5.33. The molecule has 0 aliphatic heterocycles. The molecule has 1 saturated carbocycles. The summed E-state index contributed by atoms with van der Waals surface area (Å²) >= 11 is 3.57. The van der Waals surface area contributed by atoms with Crippen LogP contribution in [0.1, 0.15) is 43.9 Å². The number of halogens is 1. The van der Waals surface area contributed by atoms with Gasteiger partial charge in [-0.3, -0.25) is 0 Å². The van der Waals surface area contributed by atoms with Crippen molar-refractivity contribution < 1.29 is 4.74 Å². The molecule has 128 valence electrons. The Morgan fingerprint density at radius 2 is 2.04 bits per heavy atom. The minimum absolute atomic E-state index is 0.493. The van der Waals surface area contributed by atoms with Gasteiger partial charge in [0.2, 0.25) is 5.95 Å². The first-order valence-corrected chi connectivity index (χ1v) is 9.34. The van der Waals surface area contributed by atoms with Crippen LogP contribution in [0.2, 0.25) is 0 Å². The van der Waals surface area contributed by atoms with E-state index in [1.54, 1.807) is 7.11 Å². The summed E-state index contributed by atoms with van der Waals surface area (Å²) in [6, 6.07) is 8.59. The summed E-state index contributed by atoms with van der Waals surface area (Å²) in [6.45, 7) is 2.33. The molecule has 0 atom stereocenters. The molecule has 0 amide bonds. The lowest BCUT2D eigenvalue weighted by Gasteiger charge is -2.27. The highest BCUT2D eigenvalue weighted by Gasteiger charge is 2.19. The van der Waals surface area contributed by atoms with Gasteiger partial charge < -0.3 is 10.1 Å². The highest BCUT2D eigenvalue weighted by atomic mass is 79.9. The zero-order valence-electron chi connectivity index (χ0n) is 14.3. The van der Waals surface area contributed by atoms with Gasteiger partial charge in [0, 0.05) is 18.7 Å². The van der Waals surface area contributed by atoms with Crippen molar-refractivity contribution in [2.45, 2.75) is 45.1 Å². The number of benzene rings is 1. The molecule has 0 bridgehead atoms. The van der Waals surface area contributed by atoms with Crippen molar-refractivity contribution in [2.75, 3.05) is 12.4 Å². The summed E-state index contributed by atoms with van der Waals surface area (Å²) < 4.78 is 6.24. The van der Waals surface area contributed by atoms with Crippen LogP contribution >= 0.6 is 15.9 Å². The molecule has 1 aliphatic carbocycles. The quantitative estimate of drug-likeness (QED) is 0.795. The van der Waals surface area contributed by atoms with Crippen molar-refractivity contribution in [3.05, 3.63) is 46.2 Å². The Hall–Kier alpha value is -1.62. The Morgan fingerprint density at radius 3 is 2.79 bits per heavy atom. The second-order valence-electron chi connectivity index (χ2n) is 6.62. The molecule has 1 aromatic carbocycles. The van der Waals surface area contributed by atoms with E-state index in [1.807, 2.05) is 24.4 Å². The lowest BCUT2D eigenvalue weighted by molar-refractivity contribution is 0.360. The predicted molar refractivity (Wildman–Crippen MR) is 101 cm³/mol. The Balaban J connectivity index is 1.71. The highest BCUT2D eigenvalue weighted by Crippen LogP contribution is 2.26. The number of nitrogens with zero attached hydrogens (tertiary/aromatic N) is 2. The molecule has 1 N–H and O–H groups in total. The number of anilines is 1. The topological polar surface area (TPSA) is 47.0 Å². The molecule has 3 rings (SSSR count). The zero-order valence-corrected chi connectivity index (χ0v) is 15.8. The molecule has 0 unspecified atom stereocenters. The third-order valence-electron chi connectivity index (χ3n) is 4.67. The van der Waals surface area contributed by atoms with E-state index in [-0.39, 0.29) is 0 Å². The van der Waals surface area contributed by atoms with E-state index >= 15 is 0 Å². The lowest BCUT2D eigenvalue weighted by Crippen LogP contribution is -2.26. The van der Waals surface area contributed by atoms with E-state index in [0.29, 0.717) is 6.04 Å². The largest absolute Gasteiger partial charge is 0.497 e. The van der Waals surface area contributed by atoms with E-state index in [2.05, 4.69) is 39.2 Å². The first-order chi connectivity index (χ1) is 11.6. The smallest absolute Gasteiger partial charge is 0.223 e. The van der Waals surface area contributed by atoms with E-state index in [0.717, 1.165) is 34.2 Å². The van der Waals surface area contributed by atoms with Crippen LogP contribution in [0.3, 0.4) is 0 Å². The fourth-order valence-electron chi connectivity index (χ4n) is 3.16. The molecule has 0 radical (unpaired) electrons. The average Bonchev–Trinajstić information content (AvgIpc) is 2.60. The summed E-state index contributed by atoms with van der Waals surface area (Å²) in [7, 11) is 1.69. The lowest BCUT2D eigenvalue weighted by atomic mass is 9.87. The standard InChI is InChI=1S/C19H24BrN3O/c1-13-6-8-15(9-7-13)22-19-21-12-17(20)18(23-19)11-14-4-3-5-16(10-14)24-2/h3-5,10,12-13,15H,6-9,11H2,1-2H3,(H,21,22,23)/t13-,15+. The molecular weight excluding hydrogens is 366 g/mol. The monoisotopic (exact) mass is 389 g/mol. The fraction of sp³-hybridized carbons (Fsp3) is 0.474. The van der Waals surface area contributed by atoms with E-state index in [4.69, 9.17) is 9.72 Å². The summed E-state index contributed by atoms with van der Waals surface area (Å²) in [4.78, 5) is 9.16. The molecule has 0 saturated heterocycles. The molecule has 1 heterocycles. The molecule has 1 fully saturated rings. The predicted octanol–water partition coefficient (Wildman–Crippen LogP) is 4.83. The third kappa shape index (κ3) is 4.47. The Bertz CT molecular complexity index is 684. The first-order valence-electron chi connectivity index (χ1n) is 8.55. The number of hydrogen-bond acceptors (Lipinski definition) is 4. The van der Waals surface area contributed by atoms with Crippen LogP contribution in [0, 0.1) is 5.92 Å². The average molecular weight is 390 g/mol. The van der Waals surface area contributed by atoms with E-state index in [9.17, 15) is 0 Å². The maximum atomic E-state index is 5.30. The first kappa shape index (κ1) is 17.2. The molecule has 1 aromatic heterocycles. The van der Waals surface area contributed by atoms with E-state index in [1.165, 1.54) is 31.2 Å². The number of ether oxygens (including phenoxy) is 1. The summed E-state index contributed by atoms with van der Waals surface area (Å²) in [5, 5.41) is 3.51. The normalized spacial score (nSPS) is 20.6. The minimum atomic E-state index is 0.493.